The maximum atomic E-state index is 15.0. The largest absolute Gasteiger partial charge is 0.573 e. The molecule has 348 valence electrons. The molecule has 2 aromatic heterocycles. The van der Waals surface area contributed by atoms with Crippen LogP contribution in [0.15, 0.2) is 60.0 Å². The zero-order valence-corrected chi connectivity index (χ0v) is 38.4. The molecule has 0 radical (unpaired) electrons. The van der Waals surface area contributed by atoms with Crippen LogP contribution >= 0.6 is 11.3 Å². The van der Waals surface area contributed by atoms with E-state index in [1.54, 1.807) is 20.1 Å². The van der Waals surface area contributed by atoms with Crippen molar-refractivity contribution in [1.29, 1.82) is 0 Å². The fourth-order valence-corrected chi connectivity index (χ4v) is 10.8. The molecule has 2 saturated carbocycles. The van der Waals surface area contributed by atoms with E-state index in [0.717, 1.165) is 29.8 Å². The van der Waals surface area contributed by atoms with Gasteiger partial charge in [0.15, 0.2) is 0 Å². The van der Waals surface area contributed by atoms with Crippen molar-refractivity contribution in [2.45, 2.75) is 126 Å². The number of carbonyl (C=O) groups excluding carboxylic acids is 3. The number of halogens is 3. The molecule has 4 aromatic rings. The molecule has 2 aliphatic heterocycles. The van der Waals surface area contributed by atoms with Crippen LogP contribution in [0.1, 0.15) is 95.7 Å². The summed E-state index contributed by atoms with van der Waals surface area (Å²) < 4.78 is 84.0. The Balaban J connectivity index is 1.16. The maximum Gasteiger partial charge on any atom is 0.573 e. The number of allylic oxidation sites excluding steroid dienone is 1. The first-order valence-electron chi connectivity index (χ1n) is 21.9. The lowest BCUT2D eigenvalue weighted by Gasteiger charge is -2.30. The van der Waals surface area contributed by atoms with Crippen molar-refractivity contribution < 1.29 is 50.2 Å². The van der Waals surface area contributed by atoms with Gasteiger partial charge in [-0.2, -0.15) is 0 Å². The van der Waals surface area contributed by atoms with E-state index in [0.29, 0.717) is 65.2 Å². The summed E-state index contributed by atoms with van der Waals surface area (Å²) >= 11 is 1.45. The van der Waals surface area contributed by atoms with Crippen LogP contribution in [0.5, 0.6) is 17.2 Å². The molecule has 2 aliphatic carbocycles. The molecule has 0 bridgehead atoms. The van der Waals surface area contributed by atoms with Gasteiger partial charge in [-0.15, -0.1) is 24.5 Å². The quantitative estimate of drug-likeness (QED) is 0.125. The summed E-state index contributed by atoms with van der Waals surface area (Å²) in [5.74, 6) is -1.77. The number of nitrogens with one attached hydrogen (secondary N) is 3. The van der Waals surface area contributed by atoms with Gasteiger partial charge in [0.05, 0.1) is 29.6 Å². The maximum absolute atomic E-state index is 15.0. The van der Waals surface area contributed by atoms with E-state index < -0.39 is 74.2 Å². The van der Waals surface area contributed by atoms with Gasteiger partial charge in [0, 0.05) is 46.5 Å². The third kappa shape index (κ3) is 9.76. The monoisotopic (exact) mass is 938 g/mol. The summed E-state index contributed by atoms with van der Waals surface area (Å²) in [6, 6.07) is 8.45. The number of pyridine rings is 1. The molecule has 0 unspecified atom stereocenters. The number of rotatable bonds is 11. The standard InChI is InChI=1S/C46H53F3N6O8S2/c1-26(2)35-25-64-41(52-35)34-22-38(32-16-17-37(61-5)27(3)39(32)51-34)62-31-21-36-40(56)53-45(43(58)54-65(59,60)44(4)18-19-44)23-28(45)12-9-7-6-8-10-15-33(42(57)55(36)24-31)50-29-13-11-14-30(20-29)63-46(47,48)49/h9,11-14,16-17,20,22,25-26,28,31,33,36,50H,6-8,10,15,18-19,21,23-24H2,1-5H3,(H,53,56)(H,54,58)/t28-,31-,33+,36+,45-/m1/s1. The van der Waals surface area contributed by atoms with Crippen LogP contribution < -0.4 is 29.6 Å². The van der Waals surface area contributed by atoms with Crippen molar-refractivity contribution in [3.63, 3.8) is 0 Å². The molecule has 4 heterocycles. The number of amides is 3. The molecule has 0 spiro atoms. The molecule has 2 aromatic carbocycles. The minimum Gasteiger partial charge on any atom is -0.496 e. The van der Waals surface area contributed by atoms with Gasteiger partial charge in [0.1, 0.15) is 51.7 Å². The van der Waals surface area contributed by atoms with Crippen LogP contribution in [-0.4, -0.2) is 89.5 Å². The number of carbonyl (C=O) groups is 3. The number of sulfonamides is 1. The highest BCUT2D eigenvalue weighted by Crippen LogP contribution is 2.48. The number of hydrogen-bond donors (Lipinski definition) is 3. The van der Waals surface area contributed by atoms with E-state index in [4.69, 9.17) is 19.4 Å². The number of methoxy groups -OCH3 is 1. The highest BCUT2D eigenvalue weighted by Gasteiger charge is 2.63. The van der Waals surface area contributed by atoms with E-state index in [2.05, 4.69) is 33.9 Å². The van der Waals surface area contributed by atoms with Gasteiger partial charge < -0.3 is 29.7 Å². The third-order valence-corrected chi connectivity index (χ3v) is 15.9. The number of aryl methyl sites for hydroxylation is 1. The van der Waals surface area contributed by atoms with Crippen LogP contribution in [0.25, 0.3) is 21.6 Å². The Bertz CT molecular complexity index is 2630. The van der Waals surface area contributed by atoms with Gasteiger partial charge in [-0.3, -0.25) is 19.1 Å². The molecule has 5 atom stereocenters. The van der Waals surface area contributed by atoms with E-state index in [1.165, 1.54) is 28.4 Å². The fourth-order valence-electron chi connectivity index (χ4n) is 8.59. The number of fused-ring (bicyclic) bond motifs is 3. The minimum absolute atomic E-state index is 0.0171. The van der Waals surface area contributed by atoms with E-state index >= 15 is 0 Å². The van der Waals surface area contributed by atoms with Crippen molar-refractivity contribution in [3.05, 3.63) is 71.3 Å². The first-order chi connectivity index (χ1) is 30.8. The van der Waals surface area contributed by atoms with Crippen LogP contribution in [0.2, 0.25) is 0 Å². The highest BCUT2D eigenvalue weighted by atomic mass is 32.2. The van der Waals surface area contributed by atoms with E-state index in [9.17, 15) is 36.0 Å². The van der Waals surface area contributed by atoms with Gasteiger partial charge in [-0.25, -0.2) is 18.4 Å². The first-order valence-corrected chi connectivity index (χ1v) is 24.2. The van der Waals surface area contributed by atoms with Crippen molar-refractivity contribution in [3.8, 4) is 28.0 Å². The summed E-state index contributed by atoms with van der Waals surface area (Å²) in [6.45, 7) is 7.48. The van der Waals surface area contributed by atoms with Gasteiger partial charge >= 0.3 is 6.36 Å². The Morgan fingerprint density at radius 1 is 1.06 bits per heavy atom. The van der Waals surface area contributed by atoms with Gasteiger partial charge in [0.2, 0.25) is 21.8 Å². The number of ether oxygens (including phenoxy) is 3. The second kappa shape index (κ2) is 17.8. The molecular weight excluding hydrogens is 886 g/mol. The lowest BCUT2D eigenvalue weighted by molar-refractivity contribution is -0.274. The number of aromatic nitrogens is 2. The molecule has 3 fully saturated rings. The average molecular weight is 939 g/mol. The highest BCUT2D eigenvalue weighted by molar-refractivity contribution is 7.91. The van der Waals surface area contributed by atoms with Gasteiger partial charge in [0.25, 0.3) is 5.91 Å². The molecule has 3 amide bonds. The summed E-state index contributed by atoms with van der Waals surface area (Å²) in [4.78, 5) is 55.0. The number of benzene rings is 2. The van der Waals surface area contributed by atoms with Gasteiger partial charge in [-0.1, -0.05) is 44.9 Å². The van der Waals surface area contributed by atoms with Crippen molar-refractivity contribution in [2.75, 3.05) is 19.0 Å². The lowest BCUT2D eigenvalue weighted by atomic mass is 10.0. The number of nitrogens with zero attached hydrogens (tertiary/aromatic N) is 3. The topological polar surface area (TPSA) is 178 Å². The lowest BCUT2D eigenvalue weighted by Crippen LogP contribution is -2.58. The second-order valence-electron chi connectivity index (χ2n) is 18.0. The number of alkyl halides is 3. The minimum atomic E-state index is -4.94. The Morgan fingerprint density at radius 3 is 2.55 bits per heavy atom. The Labute approximate surface area is 379 Å². The third-order valence-electron chi connectivity index (χ3n) is 12.9. The van der Waals surface area contributed by atoms with Crippen LogP contribution in [0.4, 0.5) is 18.9 Å². The molecule has 65 heavy (non-hydrogen) atoms. The molecule has 19 heteroatoms. The predicted octanol–water partition coefficient (Wildman–Crippen LogP) is 7.92. The van der Waals surface area contributed by atoms with Crippen molar-refractivity contribution in [1.82, 2.24) is 24.9 Å². The SMILES string of the molecule is COc1ccc2c(O[C@@H]3C[C@H]4C(=O)N[C@]5(C(=O)NS(=O)(=O)C6(C)CC6)C[C@H]5C=CCCCCC[C@H](Nc5cccc(OC(F)(F)F)c5)C(=O)N4C3)cc(-c3nc(C(C)C)cs3)nc2c1C. The van der Waals surface area contributed by atoms with Crippen LogP contribution in [0, 0.1) is 12.8 Å². The molecule has 8 rings (SSSR count). The Hall–Kier alpha value is -5.43. The normalized spacial score (nSPS) is 24.6. The molecule has 14 nitrogen and oxygen atoms in total. The summed E-state index contributed by atoms with van der Waals surface area (Å²) in [5, 5.41) is 9.33. The van der Waals surface area contributed by atoms with Crippen LogP contribution in [-0.2, 0) is 24.4 Å². The predicted molar refractivity (Wildman–Crippen MR) is 239 cm³/mol. The molecule has 4 aliphatic rings. The zero-order chi connectivity index (χ0) is 46.5. The van der Waals surface area contributed by atoms with Crippen molar-refractivity contribution in [2.24, 2.45) is 5.92 Å². The molecule has 3 N–H and O–H groups in total. The summed E-state index contributed by atoms with van der Waals surface area (Å²) in [7, 11) is -2.49. The Kier molecular flexibility index (Phi) is 12.6. The zero-order valence-electron chi connectivity index (χ0n) is 36.8. The molecule has 1 saturated heterocycles. The summed E-state index contributed by atoms with van der Waals surface area (Å²) in [6.07, 6.45) is 1.88. The summed E-state index contributed by atoms with van der Waals surface area (Å²) in [5.41, 5.74) is 1.44. The molecular formula is C46H53F3N6O8S2. The van der Waals surface area contributed by atoms with E-state index in [1.807, 2.05) is 36.6 Å². The number of thiazole rings is 1. The Morgan fingerprint density at radius 2 is 1.85 bits per heavy atom. The number of hydrogen-bond acceptors (Lipinski definition) is 12. The average Bonchev–Trinajstić information content (AvgIpc) is 4.02. The van der Waals surface area contributed by atoms with E-state index in [-0.39, 0.29) is 37.4 Å². The van der Waals surface area contributed by atoms with Gasteiger partial charge in [-0.05, 0) is 82.6 Å². The van der Waals surface area contributed by atoms with Crippen LogP contribution in [0.3, 0.4) is 0 Å². The second-order valence-corrected chi connectivity index (χ2v) is 21.1. The first kappa shape index (κ1) is 46.1. The smallest absolute Gasteiger partial charge is 0.496 e. The van der Waals surface area contributed by atoms with Crippen molar-refractivity contribution >= 4 is 55.7 Å². The number of anilines is 1. The fraction of sp³-hybridized carbons (Fsp3) is 0.500.